The van der Waals surface area contributed by atoms with Gasteiger partial charge >= 0.3 is 6.18 Å². The van der Waals surface area contributed by atoms with Gasteiger partial charge in [0.15, 0.2) is 0 Å². The minimum absolute atomic E-state index is 0.0658. The van der Waals surface area contributed by atoms with Crippen molar-refractivity contribution in [2.24, 2.45) is 0 Å². The van der Waals surface area contributed by atoms with Crippen molar-refractivity contribution in [3.05, 3.63) is 70.9 Å². The molecule has 2 aliphatic heterocycles. The number of nitrogens with one attached hydrogen (secondary N) is 2. The van der Waals surface area contributed by atoms with Gasteiger partial charge < -0.3 is 9.64 Å². The van der Waals surface area contributed by atoms with Crippen LogP contribution >= 0.6 is 0 Å². The van der Waals surface area contributed by atoms with Crippen molar-refractivity contribution in [1.29, 1.82) is 0 Å². The molecular formula is C25H21F3N4O4. The maximum Gasteiger partial charge on any atom is 0.432 e. The molecule has 186 valence electrons. The summed E-state index contributed by atoms with van der Waals surface area (Å²) in [6.45, 7) is 0.0658. The number of alkyl halides is 3. The fraction of sp³-hybridized carbons (Fsp3) is 0.280. The average Bonchev–Trinajstić information content (AvgIpc) is 3.47. The van der Waals surface area contributed by atoms with Gasteiger partial charge in [0.05, 0.1) is 12.8 Å². The third kappa shape index (κ3) is 4.00. The minimum atomic E-state index is -4.56. The number of benzene rings is 2. The van der Waals surface area contributed by atoms with E-state index >= 15 is 0 Å². The van der Waals surface area contributed by atoms with Crippen LogP contribution in [0.15, 0.2) is 48.5 Å². The number of rotatable bonds is 5. The first-order chi connectivity index (χ1) is 17.1. The predicted octanol–water partition coefficient (Wildman–Crippen LogP) is 3.48. The summed E-state index contributed by atoms with van der Waals surface area (Å²) in [5.41, 5.74) is -0.0996. The Balaban J connectivity index is 1.48. The van der Waals surface area contributed by atoms with E-state index in [9.17, 15) is 27.6 Å². The number of carbonyl (C=O) groups is 3. The van der Waals surface area contributed by atoms with E-state index in [1.54, 1.807) is 30.3 Å². The number of halogens is 3. The van der Waals surface area contributed by atoms with Gasteiger partial charge in [-0.15, -0.1) is 0 Å². The van der Waals surface area contributed by atoms with Gasteiger partial charge in [0, 0.05) is 30.5 Å². The summed E-state index contributed by atoms with van der Waals surface area (Å²) in [7, 11) is 1.54. The van der Waals surface area contributed by atoms with E-state index < -0.39 is 29.2 Å². The van der Waals surface area contributed by atoms with Crippen LogP contribution in [0.1, 0.15) is 40.0 Å². The Labute approximate surface area is 203 Å². The summed E-state index contributed by atoms with van der Waals surface area (Å²) in [5.74, 6) is -0.707. The molecule has 0 radical (unpaired) electrons. The average molecular weight is 498 g/mol. The van der Waals surface area contributed by atoms with E-state index in [0.29, 0.717) is 22.4 Å². The van der Waals surface area contributed by atoms with Crippen LogP contribution < -0.4 is 10.1 Å². The molecule has 5 rings (SSSR count). The van der Waals surface area contributed by atoms with Gasteiger partial charge in [-0.2, -0.15) is 18.3 Å². The molecular weight excluding hydrogens is 477 g/mol. The number of H-pyrrole nitrogens is 1. The lowest BCUT2D eigenvalue weighted by Gasteiger charge is -2.42. The van der Waals surface area contributed by atoms with E-state index in [0.717, 1.165) is 11.6 Å². The molecule has 2 N–H and O–H groups in total. The lowest BCUT2D eigenvalue weighted by molar-refractivity contribution is -0.143. The second-order valence-electron chi connectivity index (χ2n) is 8.86. The van der Waals surface area contributed by atoms with Crippen molar-refractivity contribution in [2.45, 2.75) is 37.5 Å². The summed E-state index contributed by atoms with van der Waals surface area (Å²) in [4.78, 5) is 40.1. The molecule has 2 aromatic carbocycles. The standard InChI is InChI=1S/C25H21F3N4O4/c1-36-17-5-2-14(3-6-17)12-24(9-8-21(33)29-23(24)35)32-13-16-10-15(4-7-18(16)22(32)34)19-11-20(31-30-19)25(26,27)28/h2-7,10-11H,8-9,12-13H2,1H3,(H,30,31)(H,29,33,35). The van der Waals surface area contributed by atoms with Crippen molar-refractivity contribution >= 4 is 17.7 Å². The quantitative estimate of drug-likeness (QED) is 0.525. The Hall–Kier alpha value is -4.15. The van der Waals surface area contributed by atoms with Crippen LogP contribution in [0.4, 0.5) is 13.2 Å². The van der Waals surface area contributed by atoms with Gasteiger partial charge in [-0.25, -0.2) is 0 Å². The van der Waals surface area contributed by atoms with Crippen LogP contribution in [0.3, 0.4) is 0 Å². The lowest BCUT2D eigenvalue weighted by atomic mass is 9.81. The SMILES string of the molecule is COc1ccc(CC2(N3Cc4cc(-c5cc(C(F)(F)F)[nH]n5)ccc4C3=O)CCC(=O)NC2=O)cc1. The van der Waals surface area contributed by atoms with Crippen molar-refractivity contribution in [3.63, 3.8) is 0 Å². The Bertz CT molecular complexity index is 1370. The Kier molecular flexibility index (Phi) is 5.57. The first-order valence-corrected chi connectivity index (χ1v) is 11.2. The minimum Gasteiger partial charge on any atom is -0.497 e. The zero-order valence-corrected chi connectivity index (χ0v) is 19.1. The second-order valence-corrected chi connectivity index (χ2v) is 8.86. The van der Waals surface area contributed by atoms with Gasteiger partial charge in [-0.3, -0.25) is 24.8 Å². The number of nitrogens with zero attached hydrogens (tertiary/aromatic N) is 2. The maximum absolute atomic E-state index is 13.5. The molecule has 0 aliphatic carbocycles. The topological polar surface area (TPSA) is 104 Å². The molecule has 1 atom stereocenters. The first kappa shape index (κ1) is 23.6. The van der Waals surface area contributed by atoms with Crippen LogP contribution in [-0.4, -0.2) is 45.5 Å². The summed E-state index contributed by atoms with van der Waals surface area (Å²) in [6, 6.07) is 12.7. The Morgan fingerprint density at radius 3 is 2.47 bits per heavy atom. The number of piperidine rings is 1. The molecule has 2 aliphatic rings. The van der Waals surface area contributed by atoms with Gasteiger partial charge in [-0.05, 0) is 47.9 Å². The highest BCUT2D eigenvalue weighted by Crippen LogP contribution is 2.38. The van der Waals surface area contributed by atoms with Crippen LogP contribution in [0.2, 0.25) is 0 Å². The number of imide groups is 1. The zero-order chi connectivity index (χ0) is 25.7. The molecule has 11 heteroatoms. The Morgan fingerprint density at radius 1 is 1.08 bits per heavy atom. The predicted molar refractivity (Wildman–Crippen MR) is 121 cm³/mol. The monoisotopic (exact) mass is 498 g/mol. The number of fused-ring (bicyclic) bond motifs is 1. The summed E-state index contributed by atoms with van der Waals surface area (Å²) in [6.07, 6.45) is -4.17. The van der Waals surface area contributed by atoms with Gasteiger partial charge in [0.1, 0.15) is 17.0 Å². The summed E-state index contributed by atoms with van der Waals surface area (Å²) < 4.78 is 44.1. The van der Waals surface area contributed by atoms with E-state index in [-0.39, 0.29) is 37.4 Å². The van der Waals surface area contributed by atoms with Crippen LogP contribution in [0, 0.1) is 0 Å². The van der Waals surface area contributed by atoms with E-state index in [4.69, 9.17) is 4.74 Å². The third-order valence-electron chi connectivity index (χ3n) is 6.70. The number of hydrogen-bond acceptors (Lipinski definition) is 5. The Morgan fingerprint density at radius 2 is 1.83 bits per heavy atom. The number of hydrogen-bond donors (Lipinski definition) is 2. The number of carbonyl (C=O) groups excluding carboxylic acids is 3. The maximum atomic E-state index is 13.5. The van der Waals surface area contributed by atoms with Gasteiger partial charge in [0.2, 0.25) is 5.91 Å². The highest BCUT2D eigenvalue weighted by atomic mass is 19.4. The van der Waals surface area contributed by atoms with E-state index in [2.05, 4.69) is 10.4 Å². The third-order valence-corrected chi connectivity index (χ3v) is 6.70. The number of ether oxygens (including phenoxy) is 1. The number of aromatic amines is 1. The molecule has 3 amide bonds. The number of methoxy groups -OCH3 is 1. The molecule has 0 spiro atoms. The smallest absolute Gasteiger partial charge is 0.432 e. The highest BCUT2D eigenvalue weighted by Gasteiger charge is 2.51. The number of amides is 3. The summed E-state index contributed by atoms with van der Waals surface area (Å²) in [5, 5.41) is 8.12. The molecule has 1 aromatic heterocycles. The highest BCUT2D eigenvalue weighted by molar-refractivity contribution is 6.08. The normalized spacial score (nSPS) is 19.9. The van der Waals surface area contributed by atoms with E-state index in [1.807, 2.05) is 5.10 Å². The van der Waals surface area contributed by atoms with E-state index in [1.165, 1.54) is 24.1 Å². The van der Waals surface area contributed by atoms with Gasteiger partial charge in [0.25, 0.3) is 11.8 Å². The van der Waals surface area contributed by atoms with Crippen molar-refractivity contribution in [3.8, 4) is 17.0 Å². The van der Waals surface area contributed by atoms with Crippen LogP contribution in [-0.2, 0) is 28.7 Å². The molecule has 0 saturated carbocycles. The zero-order valence-electron chi connectivity index (χ0n) is 19.1. The largest absolute Gasteiger partial charge is 0.497 e. The molecule has 3 heterocycles. The van der Waals surface area contributed by atoms with Crippen molar-refractivity contribution < 1.29 is 32.3 Å². The molecule has 1 fully saturated rings. The molecule has 36 heavy (non-hydrogen) atoms. The van der Waals surface area contributed by atoms with Crippen molar-refractivity contribution in [1.82, 2.24) is 20.4 Å². The van der Waals surface area contributed by atoms with Crippen LogP contribution in [0.5, 0.6) is 5.75 Å². The second kappa shape index (κ2) is 8.51. The fourth-order valence-corrected chi connectivity index (χ4v) is 4.78. The molecule has 8 nitrogen and oxygen atoms in total. The molecule has 0 bridgehead atoms. The summed E-state index contributed by atoms with van der Waals surface area (Å²) >= 11 is 0. The molecule has 1 saturated heterocycles. The van der Waals surface area contributed by atoms with Crippen LogP contribution in [0.25, 0.3) is 11.3 Å². The number of aromatic nitrogens is 2. The lowest BCUT2D eigenvalue weighted by Crippen LogP contribution is -2.64. The molecule has 3 aromatic rings. The van der Waals surface area contributed by atoms with Crippen molar-refractivity contribution in [2.75, 3.05) is 7.11 Å². The first-order valence-electron chi connectivity index (χ1n) is 11.2. The molecule has 1 unspecified atom stereocenters. The fourth-order valence-electron chi connectivity index (χ4n) is 4.78. The van der Waals surface area contributed by atoms with Gasteiger partial charge in [-0.1, -0.05) is 18.2 Å².